The van der Waals surface area contributed by atoms with Gasteiger partial charge in [-0.05, 0) is 42.4 Å². The number of benzene rings is 1. The number of aromatic amines is 1. The maximum Gasteiger partial charge on any atom is 0.310 e. The molecule has 1 fully saturated rings. The summed E-state index contributed by atoms with van der Waals surface area (Å²) >= 11 is 0. The highest BCUT2D eigenvalue weighted by Crippen LogP contribution is 3.02. The first kappa shape index (κ1) is 21.3. The molecule has 1 aromatic carbocycles. The summed E-state index contributed by atoms with van der Waals surface area (Å²) in [6.07, 6.45) is 1.49. The molecule has 1 saturated carbocycles. The van der Waals surface area contributed by atoms with Crippen molar-refractivity contribution in [1.82, 2.24) is 9.97 Å². The number of H-pyrrole nitrogens is 1. The van der Waals surface area contributed by atoms with Crippen molar-refractivity contribution in [2.45, 2.75) is 30.1 Å². The number of Topliss-reactive ketones (excluding diaryl/α,β-unsaturated/α-hetero) is 1. The second kappa shape index (κ2) is 6.28. The molecule has 2 aromatic rings. The van der Waals surface area contributed by atoms with Crippen molar-refractivity contribution in [1.29, 1.82) is 0 Å². The summed E-state index contributed by atoms with van der Waals surface area (Å²) < 4.78 is 64.6. The van der Waals surface area contributed by atoms with Crippen molar-refractivity contribution in [3.63, 3.8) is 0 Å². The van der Waals surface area contributed by atoms with Crippen molar-refractivity contribution in [2.75, 3.05) is 19.0 Å². The van der Waals surface area contributed by atoms with Crippen molar-refractivity contribution < 1.29 is 24.2 Å². The average Bonchev–Trinajstić information content (AvgIpc) is 3.42. The van der Waals surface area contributed by atoms with Crippen LogP contribution >= 0.6 is 10.2 Å². The Morgan fingerprint density at radius 3 is 2.24 bits per heavy atom. The number of carbonyl (C=O) groups is 1. The summed E-state index contributed by atoms with van der Waals surface area (Å²) in [6, 6.07) is 3.80. The summed E-state index contributed by atoms with van der Waals surface area (Å²) in [7, 11) is -6.46. The third kappa shape index (κ3) is 5.14. The van der Waals surface area contributed by atoms with Crippen LogP contribution in [0.4, 0.5) is 25.4 Å². The first-order valence-corrected chi connectivity index (χ1v) is 10.7. The average molecular weight is 437 g/mol. The van der Waals surface area contributed by atoms with E-state index >= 15 is 0 Å². The standard InChI is InChI=1S/C18H20F5N3O2S/c1-26(2)18-24-15(10-17(28)25-18)16(27)9-14(11-3-4-11)12-5-7-13(8-6-12)29(19,20,21,22)23/h5-8,10-11,14H,3-4,9H2,1-2H3,(H,24,25,28)/t14-/m1/s1. The van der Waals surface area contributed by atoms with Crippen molar-refractivity contribution in [2.24, 2.45) is 5.92 Å². The molecular weight excluding hydrogens is 417 g/mol. The van der Waals surface area contributed by atoms with Gasteiger partial charge in [0.15, 0.2) is 5.78 Å². The van der Waals surface area contributed by atoms with E-state index in [0.29, 0.717) is 17.7 Å². The van der Waals surface area contributed by atoms with E-state index in [0.717, 1.165) is 31.0 Å². The highest BCUT2D eigenvalue weighted by atomic mass is 32.5. The van der Waals surface area contributed by atoms with E-state index in [1.807, 2.05) is 0 Å². The Bertz CT molecular complexity index is 1000. The minimum atomic E-state index is -9.74. The topological polar surface area (TPSA) is 66.1 Å². The smallest absolute Gasteiger partial charge is 0.310 e. The molecular formula is C18H20F5N3O2S. The molecule has 1 atom stereocenters. The highest BCUT2D eigenvalue weighted by Gasteiger charge is 2.65. The van der Waals surface area contributed by atoms with Gasteiger partial charge in [0.2, 0.25) is 5.95 Å². The summed E-state index contributed by atoms with van der Waals surface area (Å²) in [6.45, 7) is 0. The van der Waals surface area contributed by atoms with Crippen molar-refractivity contribution in [3.8, 4) is 0 Å². The molecule has 0 saturated heterocycles. The first-order valence-electron chi connectivity index (χ1n) is 8.80. The van der Waals surface area contributed by atoms with E-state index < -0.39 is 32.4 Å². The Morgan fingerprint density at radius 2 is 1.76 bits per heavy atom. The molecule has 1 aliphatic rings. The fourth-order valence-corrected chi connectivity index (χ4v) is 3.78. The minimum absolute atomic E-state index is 0.0493. The lowest BCUT2D eigenvalue weighted by Gasteiger charge is -2.40. The fourth-order valence-electron chi connectivity index (χ4n) is 3.13. The Hall–Kier alpha value is -2.43. The van der Waals surface area contributed by atoms with E-state index in [1.54, 1.807) is 14.1 Å². The van der Waals surface area contributed by atoms with Crippen LogP contribution in [0.3, 0.4) is 0 Å². The number of halogens is 5. The Labute approximate surface area is 163 Å². The number of rotatable bonds is 7. The minimum Gasteiger partial charge on any atom is -0.348 e. The van der Waals surface area contributed by atoms with Crippen LogP contribution < -0.4 is 10.5 Å². The van der Waals surface area contributed by atoms with Crippen LogP contribution in [0.1, 0.15) is 41.2 Å². The van der Waals surface area contributed by atoms with Crippen molar-refractivity contribution in [3.05, 3.63) is 51.9 Å². The molecule has 0 spiro atoms. The molecule has 5 nitrogen and oxygen atoms in total. The van der Waals surface area contributed by atoms with E-state index in [-0.39, 0.29) is 24.0 Å². The van der Waals surface area contributed by atoms with E-state index in [1.165, 1.54) is 4.90 Å². The van der Waals surface area contributed by atoms with Gasteiger partial charge in [0, 0.05) is 26.6 Å². The van der Waals surface area contributed by atoms with Gasteiger partial charge in [0.25, 0.3) is 5.56 Å². The van der Waals surface area contributed by atoms with E-state index in [4.69, 9.17) is 0 Å². The molecule has 11 heteroatoms. The largest absolute Gasteiger partial charge is 0.348 e. The van der Waals surface area contributed by atoms with Crippen LogP contribution in [0.2, 0.25) is 0 Å². The second-order valence-electron chi connectivity index (χ2n) is 7.46. The summed E-state index contributed by atoms with van der Waals surface area (Å²) in [5.41, 5.74) is -0.175. The quantitative estimate of drug-likeness (QED) is 0.474. The van der Waals surface area contributed by atoms with Crippen molar-refractivity contribution >= 4 is 22.0 Å². The number of nitrogens with zero attached hydrogens (tertiary/aromatic N) is 2. The van der Waals surface area contributed by atoms with Gasteiger partial charge >= 0.3 is 10.2 Å². The van der Waals surface area contributed by atoms with Gasteiger partial charge in [-0.2, -0.15) is 0 Å². The van der Waals surface area contributed by atoms with Gasteiger partial charge in [0.1, 0.15) is 10.6 Å². The molecule has 0 bridgehead atoms. The van der Waals surface area contributed by atoms with Crippen LogP contribution in [-0.4, -0.2) is 29.8 Å². The summed E-state index contributed by atoms with van der Waals surface area (Å²) in [4.78, 5) is 30.6. The van der Waals surface area contributed by atoms with Gasteiger partial charge in [0.05, 0.1) is 0 Å². The maximum atomic E-state index is 12.9. The van der Waals surface area contributed by atoms with Gasteiger partial charge in [-0.25, -0.2) is 4.98 Å². The number of hydrogen-bond donors (Lipinski definition) is 1. The van der Waals surface area contributed by atoms with E-state index in [2.05, 4.69) is 9.97 Å². The Kier molecular flexibility index (Phi) is 4.61. The predicted molar refractivity (Wildman–Crippen MR) is 101 cm³/mol. The monoisotopic (exact) mass is 437 g/mol. The zero-order valence-electron chi connectivity index (χ0n) is 15.7. The molecule has 29 heavy (non-hydrogen) atoms. The van der Waals surface area contributed by atoms with Crippen LogP contribution in [0.15, 0.2) is 40.0 Å². The number of hydrogen-bond acceptors (Lipinski definition) is 4. The number of anilines is 1. The van der Waals surface area contributed by atoms with Crippen LogP contribution in [-0.2, 0) is 0 Å². The van der Waals surface area contributed by atoms with Crippen LogP contribution in [0.5, 0.6) is 0 Å². The van der Waals surface area contributed by atoms with Gasteiger partial charge in [-0.15, -0.1) is 0 Å². The van der Waals surface area contributed by atoms with Crippen LogP contribution in [0.25, 0.3) is 0 Å². The molecule has 0 unspecified atom stereocenters. The number of carbonyl (C=O) groups excluding carboxylic acids is 1. The fraction of sp³-hybridized carbons (Fsp3) is 0.389. The molecule has 3 rings (SSSR count). The molecule has 1 N–H and O–H groups in total. The summed E-state index contributed by atoms with van der Waals surface area (Å²) in [5.74, 6) is -0.601. The Balaban J connectivity index is 1.87. The molecule has 160 valence electrons. The van der Waals surface area contributed by atoms with Crippen LogP contribution in [0, 0.1) is 5.92 Å². The summed E-state index contributed by atoms with van der Waals surface area (Å²) in [5, 5.41) is 0. The number of ketones is 1. The number of nitrogens with one attached hydrogen (secondary N) is 1. The normalized spacial score (nSPS) is 17.9. The predicted octanol–water partition coefficient (Wildman–Crippen LogP) is 5.26. The SMILES string of the molecule is CN(C)c1nc(C(=O)C[C@@H](c2ccc(S(F)(F)(F)(F)F)cc2)C2CC2)cc(=O)[nH]1. The number of aromatic nitrogens is 2. The highest BCUT2D eigenvalue weighted by molar-refractivity contribution is 8.45. The van der Waals surface area contributed by atoms with Gasteiger partial charge < -0.3 is 4.90 Å². The maximum absolute atomic E-state index is 12.9. The molecule has 1 aliphatic carbocycles. The van der Waals surface area contributed by atoms with Gasteiger partial charge in [-0.3, -0.25) is 14.6 Å². The molecule has 0 aliphatic heterocycles. The lowest BCUT2D eigenvalue weighted by Crippen LogP contribution is -2.21. The first-order chi connectivity index (χ1) is 13.1. The Morgan fingerprint density at radius 1 is 1.17 bits per heavy atom. The molecule has 0 amide bonds. The molecule has 1 heterocycles. The lowest BCUT2D eigenvalue weighted by atomic mass is 9.88. The second-order valence-corrected chi connectivity index (χ2v) is 9.87. The molecule has 0 radical (unpaired) electrons. The zero-order valence-corrected chi connectivity index (χ0v) is 16.5. The molecule has 1 aromatic heterocycles. The van der Waals surface area contributed by atoms with Gasteiger partial charge in [-0.1, -0.05) is 31.6 Å². The third-order valence-corrected chi connectivity index (χ3v) is 5.95. The zero-order chi connectivity index (χ0) is 21.7. The van der Waals surface area contributed by atoms with E-state index in [9.17, 15) is 29.0 Å². The third-order valence-electron chi connectivity index (χ3n) is 4.79. The lowest BCUT2D eigenvalue weighted by molar-refractivity contribution is 0.0965.